The minimum absolute atomic E-state index is 0.0796. The van der Waals surface area contributed by atoms with E-state index < -0.39 is 11.1 Å². The van der Waals surface area contributed by atoms with Gasteiger partial charge in [0, 0.05) is 11.8 Å². The second kappa shape index (κ2) is 9.93. The van der Waals surface area contributed by atoms with Crippen LogP contribution in [0.2, 0.25) is 0 Å². The van der Waals surface area contributed by atoms with E-state index in [1.165, 1.54) is 18.5 Å². The molecule has 0 aliphatic heterocycles. The van der Waals surface area contributed by atoms with E-state index in [1.807, 2.05) is 24.3 Å². The van der Waals surface area contributed by atoms with Crippen LogP contribution in [0.3, 0.4) is 0 Å². The van der Waals surface area contributed by atoms with Crippen LogP contribution in [0.1, 0.15) is 31.2 Å². The minimum atomic E-state index is -1.83. The number of anilines is 2. The van der Waals surface area contributed by atoms with Gasteiger partial charge in [-0.05, 0) is 61.9 Å². The van der Waals surface area contributed by atoms with Crippen molar-refractivity contribution in [1.29, 1.82) is 0 Å². The first-order valence-corrected chi connectivity index (χ1v) is 11.4. The number of rotatable bonds is 8. The highest BCUT2D eigenvalue weighted by Crippen LogP contribution is 2.32. The number of ether oxygens (including phenoxy) is 1. The zero-order valence-electron chi connectivity index (χ0n) is 16.8. The van der Waals surface area contributed by atoms with E-state index in [0.717, 1.165) is 36.9 Å². The number of nitrogens with zero attached hydrogens (tertiary/aromatic N) is 3. The second-order valence-electron chi connectivity index (χ2n) is 7.40. The van der Waals surface area contributed by atoms with Crippen molar-refractivity contribution in [3.05, 3.63) is 60.2 Å². The number of hydrogen-bond donors (Lipinski definition) is 2. The molecule has 1 saturated carbocycles. The zero-order valence-corrected chi connectivity index (χ0v) is 17.6. The summed E-state index contributed by atoms with van der Waals surface area (Å²) in [6.45, 7) is 0. The molecule has 0 amide bonds. The van der Waals surface area contributed by atoms with Gasteiger partial charge in [0.05, 0.1) is 17.4 Å². The van der Waals surface area contributed by atoms with Crippen molar-refractivity contribution in [2.24, 2.45) is 0 Å². The molecule has 1 unspecified atom stereocenters. The number of aryl methyl sites for hydroxylation is 1. The van der Waals surface area contributed by atoms with Gasteiger partial charge in [-0.15, -0.1) is 0 Å². The fourth-order valence-corrected chi connectivity index (χ4v) is 4.00. The fraction of sp³-hybridized carbons (Fsp3) is 0.318. The van der Waals surface area contributed by atoms with E-state index >= 15 is 0 Å². The molecule has 1 aliphatic carbocycles. The fourth-order valence-electron chi connectivity index (χ4n) is 3.59. The first-order chi connectivity index (χ1) is 15.1. The highest BCUT2D eigenvalue weighted by atomic mass is 32.2. The monoisotopic (exact) mass is 442 g/mol. The van der Waals surface area contributed by atoms with Gasteiger partial charge in [-0.25, -0.2) is 18.6 Å². The van der Waals surface area contributed by atoms with Crippen molar-refractivity contribution in [2.75, 3.05) is 11.1 Å². The summed E-state index contributed by atoms with van der Waals surface area (Å²) in [5.74, 6) is 0.961. The van der Waals surface area contributed by atoms with E-state index in [9.17, 15) is 8.60 Å². The lowest BCUT2D eigenvalue weighted by molar-refractivity contribution is 0.210. The standard InChI is InChI=1S/C22H23FN4O3S/c23-16-8-9-19(20(13-16)30-18-6-1-2-7-18)21-24-14-25-22(27-21)26-17-5-3-4-15(12-17)10-11-31(28)29/h3-5,8-9,12-14,18H,1-2,6-7,10-11H2,(H,28,29)(H,24,25,26,27). The van der Waals surface area contributed by atoms with Gasteiger partial charge in [0.15, 0.2) is 16.9 Å². The molecule has 4 rings (SSSR count). The summed E-state index contributed by atoms with van der Waals surface area (Å²) in [5.41, 5.74) is 2.28. The number of benzene rings is 2. The predicted octanol–water partition coefficient (Wildman–Crippen LogP) is 4.51. The van der Waals surface area contributed by atoms with Crippen LogP contribution in [0.15, 0.2) is 48.8 Å². The van der Waals surface area contributed by atoms with E-state index in [2.05, 4.69) is 20.3 Å². The molecule has 0 spiro atoms. The largest absolute Gasteiger partial charge is 0.490 e. The van der Waals surface area contributed by atoms with Gasteiger partial charge in [-0.3, -0.25) is 0 Å². The van der Waals surface area contributed by atoms with Crippen LogP contribution in [-0.4, -0.2) is 35.6 Å². The Labute approximate surface area is 182 Å². The zero-order chi connectivity index (χ0) is 21.6. The van der Waals surface area contributed by atoms with Gasteiger partial charge in [-0.2, -0.15) is 4.98 Å². The molecule has 162 valence electrons. The van der Waals surface area contributed by atoms with Crippen LogP contribution in [0.25, 0.3) is 11.4 Å². The molecule has 9 heteroatoms. The molecule has 2 aromatic carbocycles. The Balaban J connectivity index is 1.55. The maximum atomic E-state index is 13.9. The summed E-state index contributed by atoms with van der Waals surface area (Å²) in [6.07, 6.45) is 6.10. The van der Waals surface area contributed by atoms with Crippen molar-refractivity contribution in [3.63, 3.8) is 0 Å². The van der Waals surface area contributed by atoms with Crippen LogP contribution in [0.5, 0.6) is 5.75 Å². The van der Waals surface area contributed by atoms with Gasteiger partial charge in [0.1, 0.15) is 17.9 Å². The molecule has 1 atom stereocenters. The lowest BCUT2D eigenvalue weighted by atomic mass is 10.1. The Kier molecular flexibility index (Phi) is 6.83. The predicted molar refractivity (Wildman–Crippen MR) is 117 cm³/mol. The number of nitrogens with one attached hydrogen (secondary N) is 1. The Bertz CT molecular complexity index is 1080. The minimum Gasteiger partial charge on any atom is -0.490 e. The lowest BCUT2D eigenvalue weighted by Crippen LogP contribution is -2.12. The van der Waals surface area contributed by atoms with Gasteiger partial charge in [0.25, 0.3) is 0 Å². The quantitative estimate of drug-likeness (QED) is 0.496. The Morgan fingerprint density at radius 1 is 1.16 bits per heavy atom. The van der Waals surface area contributed by atoms with E-state index in [4.69, 9.17) is 9.29 Å². The van der Waals surface area contributed by atoms with E-state index in [0.29, 0.717) is 29.5 Å². The Morgan fingerprint density at radius 3 is 2.81 bits per heavy atom. The summed E-state index contributed by atoms with van der Waals surface area (Å²) in [7, 11) is 0. The first kappa shape index (κ1) is 21.3. The molecule has 1 aromatic heterocycles. The molecule has 2 N–H and O–H groups in total. The highest BCUT2D eigenvalue weighted by Gasteiger charge is 2.20. The van der Waals surface area contributed by atoms with Crippen LogP contribution < -0.4 is 10.1 Å². The molecule has 0 bridgehead atoms. The number of halogens is 1. The van der Waals surface area contributed by atoms with Crippen molar-refractivity contribution in [2.45, 2.75) is 38.2 Å². The summed E-state index contributed by atoms with van der Waals surface area (Å²) >= 11 is -1.83. The van der Waals surface area contributed by atoms with Crippen LogP contribution in [0.4, 0.5) is 16.0 Å². The molecule has 31 heavy (non-hydrogen) atoms. The van der Waals surface area contributed by atoms with Gasteiger partial charge in [0.2, 0.25) is 5.95 Å². The summed E-state index contributed by atoms with van der Waals surface area (Å²) in [5, 5.41) is 3.13. The average molecular weight is 443 g/mol. The molecular formula is C22H23FN4O3S. The first-order valence-electron chi connectivity index (χ1n) is 10.2. The van der Waals surface area contributed by atoms with Crippen molar-refractivity contribution >= 4 is 22.7 Å². The third-order valence-corrected chi connectivity index (χ3v) is 5.65. The number of aromatic nitrogens is 3. The number of hydrogen-bond acceptors (Lipinski definition) is 6. The van der Waals surface area contributed by atoms with Gasteiger partial charge < -0.3 is 14.6 Å². The highest BCUT2D eigenvalue weighted by molar-refractivity contribution is 7.79. The van der Waals surface area contributed by atoms with Crippen LogP contribution in [-0.2, 0) is 17.5 Å². The third-order valence-electron chi connectivity index (χ3n) is 5.10. The lowest BCUT2D eigenvalue weighted by Gasteiger charge is -2.16. The van der Waals surface area contributed by atoms with Gasteiger partial charge >= 0.3 is 0 Å². The smallest absolute Gasteiger partial charge is 0.230 e. The molecule has 7 nitrogen and oxygen atoms in total. The maximum Gasteiger partial charge on any atom is 0.230 e. The van der Waals surface area contributed by atoms with Crippen LogP contribution in [0, 0.1) is 5.82 Å². The average Bonchev–Trinajstić information content (AvgIpc) is 3.26. The van der Waals surface area contributed by atoms with E-state index in [-0.39, 0.29) is 17.7 Å². The summed E-state index contributed by atoms with van der Waals surface area (Å²) in [4.78, 5) is 12.9. The normalized spacial score (nSPS) is 15.0. The van der Waals surface area contributed by atoms with E-state index in [1.54, 1.807) is 6.07 Å². The maximum absolute atomic E-state index is 13.9. The van der Waals surface area contributed by atoms with Crippen LogP contribution >= 0.6 is 0 Å². The van der Waals surface area contributed by atoms with Gasteiger partial charge in [-0.1, -0.05) is 12.1 Å². The molecular weight excluding hydrogens is 419 g/mol. The summed E-state index contributed by atoms with van der Waals surface area (Å²) in [6, 6.07) is 11.8. The summed E-state index contributed by atoms with van der Waals surface area (Å²) < 4.78 is 39.8. The van der Waals surface area contributed by atoms with Crippen molar-refractivity contribution in [3.8, 4) is 17.1 Å². The Hall–Kier alpha value is -2.91. The molecule has 0 radical (unpaired) electrons. The second-order valence-corrected chi connectivity index (χ2v) is 8.45. The Morgan fingerprint density at radius 2 is 2.00 bits per heavy atom. The third kappa shape index (κ3) is 5.83. The molecule has 1 heterocycles. The van der Waals surface area contributed by atoms with Crippen molar-refractivity contribution < 1.29 is 17.9 Å². The molecule has 1 fully saturated rings. The van der Waals surface area contributed by atoms with Crippen molar-refractivity contribution in [1.82, 2.24) is 15.0 Å². The molecule has 1 aliphatic rings. The topological polar surface area (TPSA) is 97.2 Å². The molecule has 0 saturated heterocycles. The molecule has 3 aromatic rings. The SMILES string of the molecule is O=S(O)CCc1cccc(Nc2ncnc(-c3ccc(F)cc3OC3CCCC3)n2)c1.